The van der Waals surface area contributed by atoms with Gasteiger partial charge in [-0.1, -0.05) is 17.4 Å². The van der Waals surface area contributed by atoms with E-state index < -0.39 is 5.97 Å². The minimum atomic E-state index is -1.01. The maximum atomic E-state index is 10.9. The van der Waals surface area contributed by atoms with Gasteiger partial charge in [-0.15, -0.1) is 0 Å². The molecule has 0 aromatic carbocycles. The molecule has 0 aliphatic heterocycles. The molecular formula is C16H12N6O2S. The predicted octanol–water partition coefficient (Wildman–Crippen LogP) is 3.00. The van der Waals surface area contributed by atoms with Gasteiger partial charge in [0.05, 0.1) is 23.3 Å². The van der Waals surface area contributed by atoms with Crippen molar-refractivity contribution in [2.75, 3.05) is 5.32 Å². The smallest absolute Gasteiger partial charge is 0.347 e. The second kappa shape index (κ2) is 5.95. The van der Waals surface area contributed by atoms with Crippen LogP contribution in [0.2, 0.25) is 0 Å². The summed E-state index contributed by atoms with van der Waals surface area (Å²) < 4.78 is 1.97. The number of aromatic carboxylic acids is 1. The number of nitrogens with zero attached hydrogens (tertiary/aromatic N) is 5. The number of pyridine rings is 1. The number of nitrogens with one attached hydrogen (secondary N) is 1. The summed E-state index contributed by atoms with van der Waals surface area (Å²) in [6.07, 6.45) is 4.87. The van der Waals surface area contributed by atoms with Crippen LogP contribution in [-0.2, 0) is 0 Å². The van der Waals surface area contributed by atoms with Crippen LogP contribution in [0.5, 0.6) is 0 Å². The van der Waals surface area contributed by atoms with E-state index in [2.05, 4.69) is 25.3 Å². The fraction of sp³-hybridized carbons (Fsp3) is 0.0625. The molecule has 4 aromatic heterocycles. The highest BCUT2D eigenvalue weighted by atomic mass is 32.1. The second-order valence-corrected chi connectivity index (χ2v) is 6.23. The molecule has 0 saturated heterocycles. The van der Waals surface area contributed by atoms with Gasteiger partial charge >= 0.3 is 5.97 Å². The first kappa shape index (κ1) is 15.2. The lowest BCUT2D eigenvalue weighted by Crippen LogP contribution is -1.99. The topological polar surface area (TPSA) is 105 Å². The highest BCUT2D eigenvalue weighted by molar-refractivity contribution is 7.17. The van der Waals surface area contributed by atoms with E-state index >= 15 is 0 Å². The zero-order valence-electron chi connectivity index (χ0n) is 13.0. The van der Waals surface area contributed by atoms with E-state index in [1.165, 1.54) is 6.20 Å². The first-order valence-electron chi connectivity index (χ1n) is 7.35. The minimum Gasteiger partial charge on any atom is -0.477 e. The van der Waals surface area contributed by atoms with Gasteiger partial charge in [0.25, 0.3) is 0 Å². The van der Waals surface area contributed by atoms with Gasteiger partial charge < -0.3 is 10.4 Å². The Kier molecular flexibility index (Phi) is 3.62. The van der Waals surface area contributed by atoms with Gasteiger partial charge in [0.1, 0.15) is 10.5 Å². The van der Waals surface area contributed by atoms with Gasteiger partial charge in [-0.05, 0) is 25.1 Å². The predicted molar refractivity (Wildman–Crippen MR) is 93.3 cm³/mol. The number of anilines is 2. The summed E-state index contributed by atoms with van der Waals surface area (Å²) in [4.78, 5) is 28.3. The molecule has 4 heterocycles. The Labute approximate surface area is 145 Å². The Bertz CT molecular complexity index is 1090. The molecule has 0 spiro atoms. The molecule has 0 fully saturated rings. The number of thiazole rings is 1. The summed E-state index contributed by atoms with van der Waals surface area (Å²) in [5, 5.41) is 12.3. The number of fused-ring (bicyclic) bond motifs is 1. The van der Waals surface area contributed by atoms with Crippen LogP contribution in [0.1, 0.15) is 15.4 Å². The maximum absolute atomic E-state index is 10.9. The molecule has 0 aliphatic rings. The Balaban J connectivity index is 1.71. The van der Waals surface area contributed by atoms with Crippen molar-refractivity contribution in [3.05, 3.63) is 53.4 Å². The first-order valence-corrected chi connectivity index (χ1v) is 8.17. The third-order valence-corrected chi connectivity index (χ3v) is 4.44. The van der Waals surface area contributed by atoms with Crippen LogP contribution in [0.15, 0.2) is 42.9 Å². The van der Waals surface area contributed by atoms with Crippen LogP contribution in [0.4, 0.5) is 11.1 Å². The average molecular weight is 352 g/mol. The van der Waals surface area contributed by atoms with Crippen LogP contribution < -0.4 is 5.32 Å². The van der Waals surface area contributed by atoms with E-state index in [-0.39, 0.29) is 4.88 Å². The van der Waals surface area contributed by atoms with Gasteiger partial charge in [0, 0.05) is 12.4 Å². The Morgan fingerprint density at radius 2 is 2.12 bits per heavy atom. The minimum absolute atomic E-state index is 0.149. The molecule has 4 aromatic rings. The standard InChI is InChI=1S/C16H12N6O2S/c1-9-13(22-7-3-2-4-12(22)19-9)10-5-6-17-15(20-10)21-16-18-8-11(25-16)14(23)24/h2-8H,1H3,(H,23,24)(H,17,18,20,21). The fourth-order valence-corrected chi connectivity index (χ4v) is 3.15. The van der Waals surface area contributed by atoms with Crippen molar-refractivity contribution >= 4 is 34.0 Å². The monoisotopic (exact) mass is 352 g/mol. The van der Waals surface area contributed by atoms with Crippen LogP contribution in [0.3, 0.4) is 0 Å². The van der Waals surface area contributed by atoms with Crippen molar-refractivity contribution in [1.29, 1.82) is 0 Å². The number of carboxylic acid groups (broad SMARTS) is 1. The van der Waals surface area contributed by atoms with Crippen molar-refractivity contribution in [3.8, 4) is 11.4 Å². The van der Waals surface area contributed by atoms with E-state index in [1.54, 1.807) is 12.3 Å². The third-order valence-electron chi connectivity index (χ3n) is 3.54. The molecule has 8 nitrogen and oxygen atoms in total. The molecule has 0 amide bonds. The van der Waals surface area contributed by atoms with Crippen LogP contribution >= 0.6 is 11.3 Å². The summed E-state index contributed by atoms with van der Waals surface area (Å²) in [6, 6.07) is 7.60. The summed E-state index contributed by atoms with van der Waals surface area (Å²) in [5.41, 5.74) is 3.29. The van der Waals surface area contributed by atoms with Crippen molar-refractivity contribution in [2.24, 2.45) is 0 Å². The van der Waals surface area contributed by atoms with Gasteiger partial charge in [-0.25, -0.2) is 24.7 Å². The van der Waals surface area contributed by atoms with E-state index in [1.807, 2.05) is 35.7 Å². The number of aryl methyl sites for hydroxylation is 1. The number of carboxylic acids is 1. The van der Waals surface area contributed by atoms with Crippen molar-refractivity contribution in [2.45, 2.75) is 6.92 Å². The molecule has 0 aliphatic carbocycles. The molecule has 25 heavy (non-hydrogen) atoms. The average Bonchev–Trinajstić information content (AvgIpc) is 3.18. The molecule has 2 N–H and O–H groups in total. The SMILES string of the molecule is Cc1nc2ccccn2c1-c1ccnc(Nc2ncc(C(=O)O)s2)n1. The molecule has 0 saturated carbocycles. The number of imidazole rings is 1. The summed E-state index contributed by atoms with van der Waals surface area (Å²) in [7, 11) is 0. The molecule has 4 rings (SSSR count). The van der Waals surface area contributed by atoms with E-state index in [9.17, 15) is 4.79 Å². The summed E-state index contributed by atoms with van der Waals surface area (Å²) in [6.45, 7) is 1.93. The lowest BCUT2D eigenvalue weighted by molar-refractivity contribution is 0.0702. The highest BCUT2D eigenvalue weighted by Gasteiger charge is 2.14. The number of aromatic nitrogens is 5. The quantitative estimate of drug-likeness (QED) is 0.581. The van der Waals surface area contributed by atoms with Crippen LogP contribution in [0.25, 0.3) is 17.0 Å². The molecule has 0 atom stereocenters. The normalized spacial score (nSPS) is 10.9. The maximum Gasteiger partial charge on any atom is 0.347 e. The summed E-state index contributed by atoms with van der Waals surface area (Å²) in [5.74, 6) is -0.671. The zero-order valence-corrected chi connectivity index (χ0v) is 13.9. The molecule has 0 bridgehead atoms. The van der Waals surface area contributed by atoms with Gasteiger partial charge in [-0.3, -0.25) is 4.40 Å². The Morgan fingerprint density at radius 1 is 1.24 bits per heavy atom. The number of hydrogen-bond donors (Lipinski definition) is 2. The highest BCUT2D eigenvalue weighted by Crippen LogP contribution is 2.25. The summed E-state index contributed by atoms with van der Waals surface area (Å²) >= 11 is 1.03. The number of carbonyl (C=O) groups is 1. The van der Waals surface area contributed by atoms with Crippen LogP contribution in [-0.4, -0.2) is 35.4 Å². The fourth-order valence-electron chi connectivity index (χ4n) is 2.50. The number of hydrogen-bond acceptors (Lipinski definition) is 7. The van der Waals surface area contributed by atoms with Crippen LogP contribution in [0, 0.1) is 6.92 Å². The second-order valence-electron chi connectivity index (χ2n) is 5.20. The molecule has 0 radical (unpaired) electrons. The van der Waals surface area contributed by atoms with Crippen molar-refractivity contribution < 1.29 is 9.90 Å². The van der Waals surface area contributed by atoms with Crippen molar-refractivity contribution in [1.82, 2.24) is 24.3 Å². The van der Waals surface area contributed by atoms with E-state index in [0.29, 0.717) is 16.8 Å². The molecule has 9 heteroatoms. The first-order chi connectivity index (χ1) is 12.1. The number of rotatable bonds is 4. The van der Waals surface area contributed by atoms with E-state index in [0.717, 1.165) is 28.4 Å². The zero-order chi connectivity index (χ0) is 17.4. The van der Waals surface area contributed by atoms with Gasteiger partial charge in [-0.2, -0.15) is 0 Å². The van der Waals surface area contributed by atoms with Gasteiger partial charge in [0.2, 0.25) is 5.95 Å². The van der Waals surface area contributed by atoms with Gasteiger partial charge in [0.15, 0.2) is 5.13 Å². The largest absolute Gasteiger partial charge is 0.477 e. The third kappa shape index (κ3) is 2.81. The molecule has 124 valence electrons. The molecular weight excluding hydrogens is 340 g/mol. The Morgan fingerprint density at radius 3 is 2.92 bits per heavy atom. The lowest BCUT2D eigenvalue weighted by atomic mass is 10.2. The molecule has 0 unspecified atom stereocenters. The lowest BCUT2D eigenvalue weighted by Gasteiger charge is -2.05. The Hall–Kier alpha value is -3.33. The van der Waals surface area contributed by atoms with Crippen molar-refractivity contribution in [3.63, 3.8) is 0 Å². The van der Waals surface area contributed by atoms with E-state index in [4.69, 9.17) is 5.11 Å².